The highest BCUT2D eigenvalue weighted by atomic mass is 35.5. The van der Waals surface area contributed by atoms with Crippen molar-refractivity contribution in [1.29, 1.82) is 0 Å². The molecule has 1 aromatic carbocycles. The summed E-state index contributed by atoms with van der Waals surface area (Å²) in [7, 11) is 1.92. The smallest absolute Gasteiger partial charge is 0.0738 e. The van der Waals surface area contributed by atoms with E-state index in [0.29, 0.717) is 0 Å². The van der Waals surface area contributed by atoms with E-state index in [1.54, 1.807) is 0 Å². The predicted molar refractivity (Wildman–Crippen MR) is 51.6 cm³/mol. The molecule has 0 amide bonds. The van der Waals surface area contributed by atoms with E-state index in [9.17, 15) is 0 Å². The average Bonchev–Trinajstić information content (AvgIpc) is 2.49. The van der Waals surface area contributed by atoms with Crippen molar-refractivity contribution in [3.8, 4) is 0 Å². The van der Waals surface area contributed by atoms with Crippen LogP contribution in [-0.2, 0) is 6.42 Å². The number of hydrogen-bond donors (Lipinski definition) is 1. The average molecular weight is 183 g/mol. The first-order valence-electron chi connectivity index (χ1n) is 4.05. The summed E-state index contributed by atoms with van der Waals surface area (Å²) in [6.45, 7) is 1.01. The van der Waals surface area contributed by atoms with Gasteiger partial charge < -0.3 is 5.01 Å². The number of rotatable bonds is 1. The minimum Gasteiger partial charge on any atom is -0.307 e. The van der Waals surface area contributed by atoms with Crippen molar-refractivity contribution >= 4 is 17.3 Å². The normalized spacial score (nSPS) is 15.0. The molecule has 0 aliphatic carbocycles. The van der Waals surface area contributed by atoms with E-state index in [2.05, 4.69) is 16.5 Å². The third-order valence-corrected chi connectivity index (χ3v) is 2.52. The van der Waals surface area contributed by atoms with E-state index in [-0.39, 0.29) is 0 Å². The molecule has 12 heavy (non-hydrogen) atoms. The van der Waals surface area contributed by atoms with Gasteiger partial charge in [-0.25, -0.2) is 5.43 Å². The zero-order valence-electron chi connectivity index (χ0n) is 6.97. The predicted octanol–water partition coefficient (Wildman–Crippen LogP) is 1.84. The van der Waals surface area contributed by atoms with E-state index in [4.69, 9.17) is 11.6 Å². The topological polar surface area (TPSA) is 15.3 Å². The molecule has 0 bridgehead atoms. The first-order valence-corrected chi connectivity index (χ1v) is 4.43. The Morgan fingerprint density at radius 2 is 2.33 bits per heavy atom. The zero-order valence-corrected chi connectivity index (χ0v) is 7.73. The van der Waals surface area contributed by atoms with Gasteiger partial charge in [0.25, 0.3) is 0 Å². The zero-order chi connectivity index (χ0) is 8.55. The summed E-state index contributed by atoms with van der Waals surface area (Å²) in [6, 6.07) is 6.05. The van der Waals surface area contributed by atoms with Gasteiger partial charge in [0.05, 0.1) is 10.7 Å². The molecule has 1 heterocycles. The highest BCUT2D eigenvalue weighted by Crippen LogP contribution is 2.33. The summed E-state index contributed by atoms with van der Waals surface area (Å²) in [4.78, 5) is 0. The molecular weight excluding hydrogens is 172 g/mol. The van der Waals surface area contributed by atoms with Crippen molar-refractivity contribution in [3.05, 3.63) is 28.8 Å². The van der Waals surface area contributed by atoms with Crippen LogP contribution in [0.25, 0.3) is 0 Å². The van der Waals surface area contributed by atoms with Crippen molar-refractivity contribution < 1.29 is 0 Å². The summed E-state index contributed by atoms with van der Waals surface area (Å²) >= 11 is 6.06. The van der Waals surface area contributed by atoms with Crippen molar-refractivity contribution in [3.63, 3.8) is 0 Å². The lowest BCUT2D eigenvalue weighted by molar-refractivity contribution is 0.734. The standard InChI is InChI=1S/C9H11ClN2/c1-11-12-6-5-7-3-2-4-8(10)9(7)12/h2-4,11H,5-6H2,1H3. The molecule has 64 valence electrons. The number of benzene rings is 1. The number of hydrazine groups is 1. The van der Waals surface area contributed by atoms with Gasteiger partial charge in [-0.1, -0.05) is 23.7 Å². The van der Waals surface area contributed by atoms with Crippen LogP contribution in [0.3, 0.4) is 0 Å². The fourth-order valence-corrected chi connectivity index (χ4v) is 1.93. The van der Waals surface area contributed by atoms with Crippen LogP contribution in [0.1, 0.15) is 5.56 Å². The van der Waals surface area contributed by atoms with Crippen LogP contribution in [0.5, 0.6) is 0 Å². The van der Waals surface area contributed by atoms with Crippen LogP contribution >= 0.6 is 11.6 Å². The summed E-state index contributed by atoms with van der Waals surface area (Å²) in [5, 5.41) is 2.91. The van der Waals surface area contributed by atoms with Gasteiger partial charge in [0.15, 0.2) is 0 Å². The Labute approximate surface area is 77.1 Å². The minimum absolute atomic E-state index is 0.833. The van der Waals surface area contributed by atoms with Gasteiger partial charge in [0, 0.05) is 13.6 Å². The third-order valence-electron chi connectivity index (χ3n) is 2.21. The van der Waals surface area contributed by atoms with Crippen LogP contribution in [0.4, 0.5) is 5.69 Å². The molecule has 0 fully saturated rings. The summed E-state index contributed by atoms with van der Waals surface area (Å²) in [6.07, 6.45) is 1.08. The molecule has 1 aliphatic heterocycles. The lowest BCUT2D eigenvalue weighted by Gasteiger charge is -2.18. The maximum atomic E-state index is 6.06. The van der Waals surface area contributed by atoms with E-state index in [0.717, 1.165) is 23.7 Å². The molecule has 1 aliphatic rings. The molecule has 2 rings (SSSR count). The molecule has 2 nitrogen and oxygen atoms in total. The summed E-state index contributed by atoms with van der Waals surface area (Å²) < 4.78 is 0. The fourth-order valence-electron chi connectivity index (χ4n) is 1.63. The minimum atomic E-state index is 0.833. The van der Waals surface area contributed by atoms with Gasteiger partial charge in [-0.2, -0.15) is 0 Å². The summed E-state index contributed by atoms with van der Waals surface area (Å²) in [5.74, 6) is 0. The molecule has 0 atom stereocenters. The van der Waals surface area contributed by atoms with Gasteiger partial charge in [0.1, 0.15) is 0 Å². The van der Waals surface area contributed by atoms with Crippen molar-refractivity contribution in [1.82, 2.24) is 5.43 Å². The summed E-state index contributed by atoms with van der Waals surface area (Å²) in [5.41, 5.74) is 5.58. The molecule has 0 saturated carbocycles. The van der Waals surface area contributed by atoms with Crippen LogP contribution in [0.15, 0.2) is 18.2 Å². The Balaban J connectivity index is 2.48. The monoisotopic (exact) mass is 182 g/mol. The van der Waals surface area contributed by atoms with Gasteiger partial charge in [0.2, 0.25) is 0 Å². The SMILES string of the molecule is CNN1CCc2cccc(Cl)c21. The maximum absolute atomic E-state index is 6.06. The largest absolute Gasteiger partial charge is 0.307 e. The Hall–Kier alpha value is -0.730. The lowest BCUT2D eigenvalue weighted by atomic mass is 10.2. The second-order valence-electron chi connectivity index (χ2n) is 2.87. The maximum Gasteiger partial charge on any atom is 0.0738 e. The number of anilines is 1. The molecule has 0 radical (unpaired) electrons. The molecule has 1 N–H and O–H groups in total. The second-order valence-corrected chi connectivity index (χ2v) is 3.28. The van der Waals surface area contributed by atoms with Crippen LogP contribution in [0, 0.1) is 0 Å². The molecule has 1 aromatic rings. The van der Waals surface area contributed by atoms with E-state index in [1.165, 1.54) is 5.56 Å². The first kappa shape index (κ1) is 7.90. The van der Waals surface area contributed by atoms with Crippen LogP contribution in [0.2, 0.25) is 5.02 Å². The number of nitrogens with zero attached hydrogens (tertiary/aromatic N) is 1. The van der Waals surface area contributed by atoms with Crippen molar-refractivity contribution in [2.24, 2.45) is 0 Å². The molecule has 0 saturated heterocycles. The first-order chi connectivity index (χ1) is 5.83. The quantitative estimate of drug-likeness (QED) is 0.713. The Morgan fingerprint density at radius 1 is 1.50 bits per heavy atom. The van der Waals surface area contributed by atoms with Gasteiger partial charge >= 0.3 is 0 Å². The molecule has 0 aromatic heterocycles. The number of fused-ring (bicyclic) bond motifs is 1. The number of nitrogens with one attached hydrogen (secondary N) is 1. The molecule has 0 unspecified atom stereocenters. The van der Waals surface area contributed by atoms with Gasteiger partial charge in [-0.05, 0) is 18.1 Å². The third kappa shape index (κ3) is 1.08. The fraction of sp³-hybridized carbons (Fsp3) is 0.333. The van der Waals surface area contributed by atoms with Crippen molar-refractivity contribution in [2.45, 2.75) is 6.42 Å². The van der Waals surface area contributed by atoms with Gasteiger partial charge in [-0.15, -0.1) is 0 Å². The highest BCUT2D eigenvalue weighted by molar-refractivity contribution is 6.33. The Kier molecular flexibility index (Phi) is 1.95. The second kappa shape index (κ2) is 2.96. The number of para-hydroxylation sites is 1. The molecule has 3 heteroatoms. The molecule has 0 spiro atoms. The van der Waals surface area contributed by atoms with E-state index < -0.39 is 0 Å². The van der Waals surface area contributed by atoms with E-state index in [1.807, 2.05) is 19.2 Å². The Bertz CT molecular complexity index is 299. The molecular formula is C9H11ClN2. The van der Waals surface area contributed by atoms with Crippen LogP contribution < -0.4 is 10.4 Å². The van der Waals surface area contributed by atoms with Crippen molar-refractivity contribution in [2.75, 3.05) is 18.6 Å². The Morgan fingerprint density at radius 3 is 3.08 bits per heavy atom. The van der Waals surface area contributed by atoms with E-state index >= 15 is 0 Å². The highest BCUT2D eigenvalue weighted by Gasteiger charge is 2.19. The number of halogens is 1. The number of hydrogen-bond acceptors (Lipinski definition) is 2. The lowest BCUT2D eigenvalue weighted by Crippen LogP contribution is -2.33. The van der Waals surface area contributed by atoms with Crippen LogP contribution in [-0.4, -0.2) is 13.6 Å². The van der Waals surface area contributed by atoms with Gasteiger partial charge in [-0.3, -0.25) is 0 Å².